The van der Waals surface area contributed by atoms with Crippen LogP contribution >= 0.6 is 0 Å². The topological polar surface area (TPSA) is 12.0 Å². The summed E-state index contributed by atoms with van der Waals surface area (Å²) >= 11 is 0. The molecule has 1 nitrogen and oxygen atoms in total. The largest absolute Gasteiger partial charge is 0.314 e. The Hall–Kier alpha value is -0.820. The van der Waals surface area contributed by atoms with Gasteiger partial charge in [0.25, 0.3) is 0 Å². The van der Waals surface area contributed by atoms with E-state index < -0.39 is 0 Å². The van der Waals surface area contributed by atoms with Gasteiger partial charge in [-0.05, 0) is 30.2 Å². The van der Waals surface area contributed by atoms with Crippen LogP contribution in [0.5, 0.6) is 0 Å². The Morgan fingerprint density at radius 1 is 1.06 bits per heavy atom. The fourth-order valence-corrected chi connectivity index (χ4v) is 3.16. The van der Waals surface area contributed by atoms with Crippen LogP contribution in [-0.2, 0) is 0 Å². The number of nitrogens with one attached hydrogen (secondary N) is 1. The minimum Gasteiger partial charge on any atom is -0.314 e. The highest BCUT2D eigenvalue weighted by Crippen LogP contribution is 2.35. The maximum atomic E-state index is 3.64. The van der Waals surface area contributed by atoms with E-state index in [0.29, 0.717) is 12.0 Å². The zero-order valence-electron chi connectivity index (χ0n) is 11.9. The summed E-state index contributed by atoms with van der Waals surface area (Å²) in [5.41, 5.74) is 1.53. The Bertz CT molecular complexity index is 325. The fourth-order valence-electron chi connectivity index (χ4n) is 3.16. The molecule has 0 bridgehead atoms. The summed E-state index contributed by atoms with van der Waals surface area (Å²) in [5, 5.41) is 3.64. The first-order valence-corrected chi connectivity index (χ1v) is 7.55. The van der Waals surface area contributed by atoms with E-state index in [-0.39, 0.29) is 0 Å². The first-order chi connectivity index (χ1) is 8.77. The molecule has 0 saturated heterocycles. The summed E-state index contributed by atoms with van der Waals surface area (Å²) in [5.74, 6) is 1.58. The zero-order valence-corrected chi connectivity index (χ0v) is 11.9. The summed E-state index contributed by atoms with van der Waals surface area (Å²) in [6, 6.07) is 11.7. The molecule has 1 aliphatic carbocycles. The average molecular weight is 245 g/mol. The predicted octanol–water partition coefficient (Wildman–Crippen LogP) is 4.35. The summed E-state index contributed by atoms with van der Waals surface area (Å²) < 4.78 is 0. The molecule has 1 aromatic carbocycles. The molecule has 1 fully saturated rings. The molecule has 0 spiro atoms. The molecular formula is C17H27N. The molecule has 1 N–H and O–H groups in total. The van der Waals surface area contributed by atoms with Gasteiger partial charge in [0.15, 0.2) is 0 Å². The van der Waals surface area contributed by atoms with Crippen molar-refractivity contribution in [1.82, 2.24) is 5.32 Å². The van der Waals surface area contributed by atoms with Gasteiger partial charge in [-0.3, -0.25) is 0 Å². The van der Waals surface area contributed by atoms with Crippen molar-refractivity contribution in [1.29, 1.82) is 0 Å². The van der Waals surface area contributed by atoms with E-state index in [2.05, 4.69) is 49.5 Å². The van der Waals surface area contributed by atoms with E-state index in [1.54, 1.807) is 0 Å². The van der Waals surface area contributed by atoms with Gasteiger partial charge in [-0.1, -0.05) is 63.4 Å². The number of hydrogen-bond acceptors (Lipinski definition) is 1. The standard InChI is InChI=1S/C17H27N/c1-14(2)18-13-17(15-9-5-3-6-10-15)16-11-7-4-8-12-16/h3,5-6,9-10,14,16-18H,4,7-8,11-13H2,1-2H3. The molecule has 18 heavy (non-hydrogen) atoms. The lowest BCUT2D eigenvalue weighted by Gasteiger charge is -2.31. The Balaban J connectivity index is 2.06. The quantitative estimate of drug-likeness (QED) is 0.813. The molecule has 2 rings (SSSR count). The van der Waals surface area contributed by atoms with Crippen molar-refractivity contribution in [2.24, 2.45) is 5.92 Å². The molecule has 1 aliphatic rings. The van der Waals surface area contributed by atoms with Gasteiger partial charge in [-0.15, -0.1) is 0 Å². The first-order valence-electron chi connectivity index (χ1n) is 7.55. The average Bonchev–Trinajstić information content (AvgIpc) is 2.41. The molecule has 1 saturated carbocycles. The fraction of sp³-hybridized carbons (Fsp3) is 0.647. The molecule has 1 atom stereocenters. The van der Waals surface area contributed by atoms with E-state index in [9.17, 15) is 0 Å². The van der Waals surface area contributed by atoms with Crippen molar-refractivity contribution in [3.63, 3.8) is 0 Å². The molecule has 1 heteroatoms. The molecule has 100 valence electrons. The molecule has 0 amide bonds. The van der Waals surface area contributed by atoms with Gasteiger partial charge in [-0.25, -0.2) is 0 Å². The molecule has 0 aliphatic heterocycles. The van der Waals surface area contributed by atoms with E-state index in [4.69, 9.17) is 0 Å². The van der Waals surface area contributed by atoms with E-state index >= 15 is 0 Å². The Kier molecular flexibility index (Phi) is 5.25. The van der Waals surface area contributed by atoms with Crippen LogP contribution in [0, 0.1) is 5.92 Å². The Labute approximate surface area is 112 Å². The monoisotopic (exact) mass is 245 g/mol. The highest BCUT2D eigenvalue weighted by Gasteiger charge is 2.24. The predicted molar refractivity (Wildman–Crippen MR) is 78.9 cm³/mol. The first kappa shape index (κ1) is 13.6. The van der Waals surface area contributed by atoms with Crippen LogP contribution in [0.1, 0.15) is 57.4 Å². The van der Waals surface area contributed by atoms with Crippen molar-refractivity contribution in [2.45, 2.75) is 57.9 Å². The summed E-state index contributed by atoms with van der Waals surface area (Å²) in [6.07, 6.45) is 7.12. The highest BCUT2D eigenvalue weighted by atomic mass is 14.9. The minimum atomic E-state index is 0.583. The molecular weight excluding hydrogens is 218 g/mol. The number of benzene rings is 1. The highest BCUT2D eigenvalue weighted by molar-refractivity contribution is 5.21. The molecule has 1 aromatic rings. The van der Waals surface area contributed by atoms with Crippen LogP contribution in [-0.4, -0.2) is 12.6 Å². The van der Waals surface area contributed by atoms with Crippen LogP contribution in [0.4, 0.5) is 0 Å². The second-order valence-corrected chi connectivity index (χ2v) is 5.98. The van der Waals surface area contributed by atoms with Crippen LogP contribution < -0.4 is 5.32 Å². The van der Waals surface area contributed by atoms with Crippen LogP contribution in [0.3, 0.4) is 0 Å². The van der Waals surface area contributed by atoms with Crippen molar-refractivity contribution in [3.8, 4) is 0 Å². The number of hydrogen-bond donors (Lipinski definition) is 1. The third kappa shape index (κ3) is 3.84. The van der Waals surface area contributed by atoms with Gasteiger partial charge in [0.2, 0.25) is 0 Å². The lowest BCUT2D eigenvalue weighted by atomic mass is 9.76. The lowest BCUT2D eigenvalue weighted by molar-refractivity contribution is 0.293. The normalized spacial score (nSPS) is 19.1. The molecule has 1 unspecified atom stereocenters. The second-order valence-electron chi connectivity index (χ2n) is 5.98. The zero-order chi connectivity index (χ0) is 12.8. The summed E-state index contributed by atoms with van der Waals surface area (Å²) in [7, 11) is 0. The van der Waals surface area contributed by atoms with Crippen molar-refractivity contribution in [2.75, 3.05) is 6.54 Å². The second kappa shape index (κ2) is 6.94. The maximum absolute atomic E-state index is 3.64. The summed E-state index contributed by atoms with van der Waals surface area (Å²) in [6.45, 7) is 5.61. The summed E-state index contributed by atoms with van der Waals surface area (Å²) in [4.78, 5) is 0. The van der Waals surface area contributed by atoms with Gasteiger partial charge < -0.3 is 5.32 Å². The van der Waals surface area contributed by atoms with Gasteiger partial charge in [0, 0.05) is 12.6 Å². The molecule has 0 radical (unpaired) electrons. The molecule has 0 aromatic heterocycles. The van der Waals surface area contributed by atoms with Gasteiger partial charge in [0.05, 0.1) is 0 Å². The van der Waals surface area contributed by atoms with Crippen molar-refractivity contribution < 1.29 is 0 Å². The third-order valence-corrected chi connectivity index (χ3v) is 4.19. The Morgan fingerprint density at radius 2 is 1.72 bits per heavy atom. The third-order valence-electron chi connectivity index (χ3n) is 4.19. The van der Waals surface area contributed by atoms with E-state index in [1.807, 2.05) is 0 Å². The van der Waals surface area contributed by atoms with Crippen LogP contribution in [0.2, 0.25) is 0 Å². The number of rotatable bonds is 5. The lowest BCUT2D eigenvalue weighted by Crippen LogP contribution is -2.32. The van der Waals surface area contributed by atoms with Gasteiger partial charge in [0.1, 0.15) is 0 Å². The Morgan fingerprint density at radius 3 is 2.33 bits per heavy atom. The van der Waals surface area contributed by atoms with E-state index in [1.165, 1.54) is 37.7 Å². The molecule has 0 heterocycles. The van der Waals surface area contributed by atoms with Crippen molar-refractivity contribution >= 4 is 0 Å². The SMILES string of the molecule is CC(C)NCC(c1ccccc1)C1CCCCC1. The van der Waals surface area contributed by atoms with Crippen LogP contribution in [0.25, 0.3) is 0 Å². The smallest absolute Gasteiger partial charge is 0.00251 e. The maximum Gasteiger partial charge on any atom is 0.00251 e. The van der Waals surface area contributed by atoms with Gasteiger partial charge in [-0.2, -0.15) is 0 Å². The van der Waals surface area contributed by atoms with E-state index in [0.717, 1.165) is 12.5 Å². The van der Waals surface area contributed by atoms with Gasteiger partial charge >= 0.3 is 0 Å². The van der Waals surface area contributed by atoms with Crippen LogP contribution in [0.15, 0.2) is 30.3 Å². The minimum absolute atomic E-state index is 0.583. The van der Waals surface area contributed by atoms with Crippen molar-refractivity contribution in [3.05, 3.63) is 35.9 Å².